The van der Waals surface area contributed by atoms with Gasteiger partial charge in [0.2, 0.25) is 5.91 Å². The van der Waals surface area contributed by atoms with Gasteiger partial charge < -0.3 is 15.0 Å². The summed E-state index contributed by atoms with van der Waals surface area (Å²) in [6.45, 7) is 2.39. The van der Waals surface area contributed by atoms with Crippen LogP contribution in [0.4, 0.5) is 8.78 Å². The molecular weight excluding hydrogens is 302 g/mol. The highest BCUT2D eigenvalue weighted by Gasteiger charge is 2.26. The third kappa shape index (κ3) is 4.97. The van der Waals surface area contributed by atoms with E-state index in [1.807, 2.05) is 0 Å². The van der Waals surface area contributed by atoms with Crippen LogP contribution in [0.15, 0.2) is 18.2 Å². The maximum absolute atomic E-state index is 14.0. The van der Waals surface area contributed by atoms with Crippen LogP contribution in [0.1, 0.15) is 31.4 Å². The summed E-state index contributed by atoms with van der Waals surface area (Å²) in [5, 5.41) is 2.72. The van der Waals surface area contributed by atoms with E-state index < -0.39 is 23.8 Å². The number of likely N-dealkylation sites (N-methyl/N-ethyl adjacent to an activating group) is 1. The van der Waals surface area contributed by atoms with E-state index >= 15 is 0 Å². The quantitative estimate of drug-likeness (QED) is 0.798. The maximum atomic E-state index is 14.0. The third-order valence-corrected chi connectivity index (χ3v) is 4.07. The molecule has 6 heteroatoms. The molecule has 1 N–H and O–H groups in total. The molecule has 4 nitrogen and oxygen atoms in total. The number of amides is 1. The van der Waals surface area contributed by atoms with Gasteiger partial charge in [-0.25, -0.2) is 8.78 Å². The first kappa shape index (κ1) is 17.8. The minimum absolute atomic E-state index is 0.0376. The van der Waals surface area contributed by atoms with Crippen LogP contribution in [0, 0.1) is 17.6 Å². The topological polar surface area (TPSA) is 41.6 Å². The zero-order chi connectivity index (χ0) is 17.0. The summed E-state index contributed by atoms with van der Waals surface area (Å²) < 4.78 is 33.4. The van der Waals surface area contributed by atoms with Crippen LogP contribution in [0.3, 0.4) is 0 Å². The fourth-order valence-electron chi connectivity index (χ4n) is 2.35. The Bertz CT molecular complexity index is 527. The minimum Gasteiger partial charge on any atom is -0.368 e. The van der Waals surface area contributed by atoms with Crippen LogP contribution in [-0.4, -0.2) is 44.2 Å². The number of carbonyl (C=O) groups excluding carboxylic acids is 1. The van der Waals surface area contributed by atoms with E-state index in [9.17, 15) is 13.6 Å². The summed E-state index contributed by atoms with van der Waals surface area (Å²) in [5.74, 6) is -0.923. The molecule has 2 rings (SSSR count). The number of nitrogens with zero attached hydrogens (tertiary/aromatic N) is 1. The Morgan fingerprint density at radius 1 is 1.35 bits per heavy atom. The van der Waals surface area contributed by atoms with Crippen molar-refractivity contribution >= 4 is 5.91 Å². The highest BCUT2D eigenvalue weighted by atomic mass is 19.1. The lowest BCUT2D eigenvalue weighted by atomic mass is 10.0. The average Bonchev–Trinajstić information content (AvgIpc) is 3.31. The molecule has 2 atom stereocenters. The summed E-state index contributed by atoms with van der Waals surface area (Å²) in [7, 11) is 3.44. The Hall–Kier alpha value is -1.53. The zero-order valence-corrected chi connectivity index (χ0v) is 13.8. The molecule has 1 amide bonds. The number of benzene rings is 1. The molecule has 0 unspecified atom stereocenters. The minimum atomic E-state index is -0.615. The van der Waals surface area contributed by atoms with Crippen LogP contribution in [0.25, 0.3) is 0 Å². The van der Waals surface area contributed by atoms with Gasteiger partial charge in [-0.3, -0.25) is 4.79 Å². The molecule has 128 valence electrons. The largest absolute Gasteiger partial charge is 0.368 e. The van der Waals surface area contributed by atoms with Crippen molar-refractivity contribution in [2.75, 3.05) is 27.2 Å². The van der Waals surface area contributed by atoms with Crippen LogP contribution in [0.2, 0.25) is 0 Å². The first-order valence-corrected chi connectivity index (χ1v) is 7.89. The molecule has 0 spiro atoms. The van der Waals surface area contributed by atoms with E-state index in [2.05, 4.69) is 5.32 Å². The first-order valence-electron chi connectivity index (χ1n) is 7.89. The van der Waals surface area contributed by atoms with E-state index in [4.69, 9.17) is 4.74 Å². The van der Waals surface area contributed by atoms with Gasteiger partial charge in [-0.05, 0) is 51.9 Å². The second-order valence-electron chi connectivity index (χ2n) is 6.28. The van der Waals surface area contributed by atoms with Crippen LogP contribution >= 0.6 is 0 Å². The number of hydrogen-bond acceptors (Lipinski definition) is 3. The maximum Gasteiger partial charge on any atom is 0.248 e. The number of rotatable bonds is 8. The van der Waals surface area contributed by atoms with Crippen molar-refractivity contribution in [1.82, 2.24) is 10.2 Å². The normalized spacial score (nSPS) is 17.1. The lowest BCUT2D eigenvalue weighted by Crippen LogP contribution is -2.40. The molecule has 0 bridgehead atoms. The molecule has 1 fully saturated rings. The Kier molecular flexibility index (Phi) is 6.07. The zero-order valence-electron chi connectivity index (χ0n) is 13.8. The molecule has 23 heavy (non-hydrogen) atoms. The van der Waals surface area contributed by atoms with Crippen molar-refractivity contribution in [2.45, 2.75) is 31.9 Å². The fraction of sp³-hybridized carbons (Fsp3) is 0.588. The third-order valence-electron chi connectivity index (χ3n) is 4.07. The van der Waals surface area contributed by atoms with Crippen molar-refractivity contribution in [1.29, 1.82) is 0 Å². The SMILES string of the molecule is C[C@H](OCC1CC1)C(=O)NC[C@@H](c1c(F)cccc1F)N(C)C. The van der Waals surface area contributed by atoms with Gasteiger partial charge >= 0.3 is 0 Å². The molecule has 0 saturated heterocycles. The van der Waals surface area contributed by atoms with Gasteiger partial charge in [-0.1, -0.05) is 6.07 Å². The predicted molar refractivity (Wildman–Crippen MR) is 83.9 cm³/mol. The molecule has 0 heterocycles. The molecule has 1 aliphatic carbocycles. The average molecular weight is 326 g/mol. The van der Waals surface area contributed by atoms with E-state index in [1.54, 1.807) is 25.9 Å². The molecule has 0 radical (unpaired) electrons. The molecule has 1 aromatic carbocycles. The van der Waals surface area contributed by atoms with Crippen molar-refractivity contribution in [3.05, 3.63) is 35.4 Å². The lowest BCUT2D eigenvalue weighted by Gasteiger charge is -2.26. The predicted octanol–water partition coefficient (Wildman–Crippen LogP) is 2.50. The highest BCUT2D eigenvalue weighted by molar-refractivity contribution is 5.80. The van der Waals surface area contributed by atoms with Gasteiger partial charge in [0, 0.05) is 12.1 Å². The summed E-state index contributed by atoms with van der Waals surface area (Å²) in [6.07, 6.45) is 1.75. The molecule has 1 aromatic rings. The Morgan fingerprint density at radius 3 is 2.48 bits per heavy atom. The Labute approximate surface area is 135 Å². The van der Waals surface area contributed by atoms with Gasteiger partial charge in [-0.2, -0.15) is 0 Å². The van der Waals surface area contributed by atoms with E-state index in [0.717, 1.165) is 12.8 Å². The van der Waals surface area contributed by atoms with Gasteiger partial charge in [0.15, 0.2) is 0 Å². The number of carbonyl (C=O) groups is 1. The lowest BCUT2D eigenvalue weighted by molar-refractivity contribution is -0.132. The van der Waals surface area contributed by atoms with Crippen molar-refractivity contribution in [2.24, 2.45) is 5.92 Å². The van der Waals surface area contributed by atoms with Crippen molar-refractivity contribution in [3.63, 3.8) is 0 Å². The second kappa shape index (κ2) is 7.84. The molecular formula is C17H24F2N2O2. The van der Waals surface area contributed by atoms with Gasteiger partial charge in [0.1, 0.15) is 17.7 Å². The van der Waals surface area contributed by atoms with E-state index in [-0.39, 0.29) is 18.0 Å². The first-order chi connectivity index (χ1) is 10.9. The number of halogens is 2. The smallest absolute Gasteiger partial charge is 0.248 e. The summed E-state index contributed by atoms with van der Waals surface area (Å²) in [6, 6.07) is 3.18. The standard InChI is InChI=1S/C17H24F2N2O2/c1-11(23-10-12-7-8-12)17(22)20-9-15(21(2)3)16-13(18)5-4-6-14(16)19/h4-6,11-12,15H,7-10H2,1-3H3,(H,20,22)/t11-,15-/m0/s1. The van der Waals surface area contributed by atoms with Gasteiger partial charge in [-0.15, -0.1) is 0 Å². The molecule has 1 aliphatic rings. The highest BCUT2D eigenvalue weighted by Crippen LogP contribution is 2.29. The number of hydrogen-bond donors (Lipinski definition) is 1. The summed E-state index contributed by atoms with van der Waals surface area (Å²) in [4.78, 5) is 13.7. The number of nitrogens with one attached hydrogen (secondary N) is 1. The molecule has 1 saturated carbocycles. The van der Waals surface area contributed by atoms with Crippen molar-refractivity contribution in [3.8, 4) is 0 Å². The van der Waals surface area contributed by atoms with Crippen molar-refractivity contribution < 1.29 is 18.3 Å². The van der Waals surface area contributed by atoms with Crippen LogP contribution in [-0.2, 0) is 9.53 Å². The number of ether oxygens (including phenoxy) is 1. The fourth-order valence-corrected chi connectivity index (χ4v) is 2.35. The van der Waals surface area contributed by atoms with E-state index in [1.165, 1.54) is 18.2 Å². The van der Waals surface area contributed by atoms with Crippen LogP contribution in [0.5, 0.6) is 0 Å². The van der Waals surface area contributed by atoms with Gasteiger partial charge in [0.25, 0.3) is 0 Å². The van der Waals surface area contributed by atoms with Gasteiger partial charge in [0.05, 0.1) is 12.6 Å². The molecule has 0 aromatic heterocycles. The van der Waals surface area contributed by atoms with E-state index in [0.29, 0.717) is 12.5 Å². The Balaban J connectivity index is 1.95. The monoisotopic (exact) mass is 326 g/mol. The summed E-state index contributed by atoms with van der Waals surface area (Å²) >= 11 is 0. The van der Waals surface area contributed by atoms with Crippen LogP contribution < -0.4 is 5.32 Å². The second-order valence-corrected chi connectivity index (χ2v) is 6.28. The molecule has 0 aliphatic heterocycles. The summed E-state index contributed by atoms with van der Waals surface area (Å²) in [5.41, 5.74) is -0.0376. The Morgan fingerprint density at radius 2 is 1.96 bits per heavy atom.